The van der Waals surface area contributed by atoms with E-state index in [1.165, 1.54) is 13.2 Å². The number of morpholine rings is 1. The summed E-state index contributed by atoms with van der Waals surface area (Å²) in [5, 5.41) is 5.41. The van der Waals surface area contributed by atoms with Gasteiger partial charge in [-0.15, -0.1) is 11.3 Å². The number of nitrogens with one attached hydrogen (secondary N) is 1. The van der Waals surface area contributed by atoms with Crippen LogP contribution in [0.25, 0.3) is 11.4 Å². The molecular formula is C18H18N4O6S2. The average molecular weight is 450 g/mol. The number of benzene rings is 1. The number of thiophene rings is 1. The molecule has 1 aliphatic heterocycles. The molecule has 10 nitrogen and oxygen atoms in total. The molecule has 1 aliphatic rings. The first kappa shape index (κ1) is 20.3. The van der Waals surface area contributed by atoms with Crippen LogP contribution in [0.15, 0.2) is 44.4 Å². The number of rotatable bonds is 6. The van der Waals surface area contributed by atoms with Gasteiger partial charge in [0, 0.05) is 30.1 Å². The second-order valence-electron chi connectivity index (χ2n) is 6.32. The van der Waals surface area contributed by atoms with Crippen molar-refractivity contribution in [2.45, 2.75) is 4.21 Å². The Bertz CT molecular complexity index is 1150. The zero-order valence-electron chi connectivity index (χ0n) is 15.9. The van der Waals surface area contributed by atoms with Crippen LogP contribution in [-0.2, 0) is 14.8 Å². The van der Waals surface area contributed by atoms with Gasteiger partial charge in [0.15, 0.2) is 0 Å². The minimum absolute atomic E-state index is 0.0752. The van der Waals surface area contributed by atoms with E-state index >= 15 is 0 Å². The maximum absolute atomic E-state index is 12.7. The number of hydrogen-bond acceptors (Lipinski definition) is 9. The Morgan fingerprint density at radius 3 is 2.83 bits per heavy atom. The number of ether oxygens (including phenoxy) is 2. The third-order valence-corrected chi connectivity index (χ3v) is 7.15. The zero-order valence-corrected chi connectivity index (χ0v) is 17.5. The van der Waals surface area contributed by atoms with Crippen molar-refractivity contribution in [2.75, 3.05) is 38.1 Å². The van der Waals surface area contributed by atoms with Crippen LogP contribution in [0.3, 0.4) is 0 Å². The van der Waals surface area contributed by atoms with Crippen molar-refractivity contribution in [3.05, 3.63) is 41.6 Å². The van der Waals surface area contributed by atoms with Gasteiger partial charge >= 0.3 is 11.8 Å². The van der Waals surface area contributed by atoms with Crippen LogP contribution in [-0.4, -0.2) is 62.8 Å². The van der Waals surface area contributed by atoms with E-state index in [2.05, 4.69) is 14.9 Å². The highest BCUT2D eigenvalue weighted by atomic mass is 32.2. The van der Waals surface area contributed by atoms with Crippen LogP contribution >= 0.6 is 11.3 Å². The predicted octanol–water partition coefficient (Wildman–Crippen LogP) is 2.08. The van der Waals surface area contributed by atoms with E-state index in [0.717, 1.165) is 11.3 Å². The molecule has 1 aromatic carbocycles. The molecule has 2 aromatic heterocycles. The largest absolute Gasteiger partial charge is 0.497 e. The van der Waals surface area contributed by atoms with Gasteiger partial charge in [-0.2, -0.15) is 4.98 Å². The SMILES string of the molecule is COc1cccc(NS(=O)(=O)c2cc(-c3noc(C(=O)N4CCOCC4)n3)cs2)c1. The van der Waals surface area contributed by atoms with Gasteiger partial charge in [0.1, 0.15) is 9.96 Å². The van der Waals surface area contributed by atoms with Gasteiger partial charge < -0.3 is 18.9 Å². The van der Waals surface area contributed by atoms with E-state index in [-0.39, 0.29) is 21.8 Å². The summed E-state index contributed by atoms with van der Waals surface area (Å²) in [6.07, 6.45) is 0. The summed E-state index contributed by atoms with van der Waals surface area (Å²) in [4.78, 5) is 18.1. The Morgan fingerprint density at radius 2 is 2.07 bits per heavy atom. The minimum atomic E-state index is -3.81. The monoisotopic (exact) mass is 450 g/mol. The summed E-state index contributed by atoms with van der Waals surface area (Å²) in [5.41, 5.74) is 0.818. The standard InChI is InChI=1S/C18H18N4O6S2/c1-26-14-4-2-3-13(10-14)21-30(24,25)15-9-12(11-29-15)16-19-17(28-20-16)18(23)22-5-7-27-8-6-22/h2-4,9-11,21H,5-8H2,1H3. The topological polar surface area (TPSA) is 124 Å². The van der Waals surface area contributed by atoms with Gasteiger partial charge in [0.05, 0.1) is 26.0 Å². The fourth-order valence-corrected chi connectivity index (χ4v) is 5.00. The van der Waals surface area contributed by atoms with Gasteiger partial charge in [0.25, 0.3) is 10.0 Å². The summed E-state index contributed by atoms with van der Waals surface area (Å²) in [5.74, 6) is 0.161. The van der Waals surface area contributed by atoms with E-state index in [1.807, 2.05) is 0 Å². The summed E-state index contributed by atoms with van der Waals surface area (Å²) < 4.78 is 43.4. The highest BCUT2D eigenvalue weighted by molar-refractivity contribution is 7.94. The molecule has 1 fully saturated rings. The van der Waals surface area contributed by atoms with E-state index < -0.39 is 10.0 Å². The lowest BCUT2D eigenvalue weighted by Crippen LogP contribution is -2.40. The van der Waals surface area contributed by atoms with Crippen molar-refractivity contribution in [3.63, 3.8) is 0 Å². The molecule has 158 valence electrons. The summed E-state index contributed by atoms with van der Waals surface area (Å²) in [7, 11) is -2.31. The molecule has 30 heavy (non-hydrogen) atoms. The molecule has 0 atom stereocenters. The van der Waals surface area contributed by atoms with Crippen molar-refractivity contribution >= 4 is 33.0 Å². The van der Waals surface area contributed by atoms with E-state index in [9.17, 15) is 13.2 Å². The molecular weight excluding hydrogens is 432 g/mol. The Hall–Kier alpha value is -2.96. The summed E-state index contributed by atoms with van der Waals surface area (Å²) in [6.45, 7) is 1.82. The Kier molecular flexibility index (Phi) is 5.70. The lowest BCUT2D eigenvalue weighted by molar-refractivity contribution is 0.0272. The Morgan fingerprint density at radius 1 is 1.27 bits per heavy atom. The van der Waals surface area contributed by atoms with Gasteiger partial charge in [-0.25, -0.2) is 8.42 Å². The molecule has 1 saturated heterocycles. The first-order valence-electron chi connectivity index (χ1n) is 8.93. The fourth-order valence-electron chi connectivity index (χ4n) is 2.80. The highest BCUT2D eigenvalue weighted by Crippen LogP contribution is 2.29. The molecule has 1 amide bonds. The third kappa shape index (κ3) is 4.30. The van der Waals surface area contributed by atoms with Gasteiger partial charge in [0.2, 0.25) is 5.82 Å². The van der Waals surface area contributed by atoms with E-state index in [4.69, 9.17) is 14.0 Å². The molecule has 4 rings (SSSR count). The highest BCUT2D eigenvalue weighted by Gasteiger charge is 2.25. The number of nitrogens with zero attached hydrogens (tertiary/aromatic N) is 3. The molecule has 0 unspecified atom stereocenters. The number of hydrogen-bond donors (Lipinski definition) is 1. The lowest BCUT2D eigenvalue weighted by Gasteiger charge is -2.25. The maximum Gasteiger partial charge on any atom is 0.316 e. The number of amides is 1. The molecule has 0 bridgehead atoms. The predicted molar refractivity (Wildman–Crippen MR) is 108 cm³/mol. The molecule has 0 radical (unpaired) electrons. The molecule has 1 N–H and O–H groups in total. The smallest absolute Gasteiger partial charge is 0.316 e. The summed E-state index contributed by atoms with van der Waals surface area (Å²) >= 11 is 1.01. The molecule has 0 saturated carbocycles. The number of carbonyl (C=O) groups excluding carboxylic acids is 1. The molecule has 3 aromatic rings. The van der Waals surface area contributed by atoms with Crippen LogP contribution in [0.4, 0.5) is 5.69 Å². The molecule has 12 heteroatoms. The lowest BCUT2D eigenvalue weighted by atomic mass is 10.3. The van der Waals surface area contributed by atoms with Crippen molar-refractivity contribution in [3.8, 4) is 17.1 Å². The number of methoxy groups -OCH3 is 1. The van der Waals surface area contributed by atoms with Crippen molar-refractivity contribution in [1.29, 1.82) is 0 Å². The normalized spacial score (nSPS) is 14.5. The van der Waals surface area contributed by atoms with Gasteiger partial charge in [-0.3, -0.25) is 9.52 Å². The van der Waals surface area contributed by atoms with Crippen molar-refractivity contribution < 1.29 is 27.2 Å². The van der Waals surface area contributed by atoms with Crippen LogP contribution in [0.2, 0.25) is 0 Å². The molecule has 0 spiro atoms. The number of carbonyl (C=O) groups is 1. The maximum atomic E-state index is 12.7. The zero-order chi connectivity index (χ0) is 21.1. The quantitative estimate of drug-likeness (QED) is 0.605. The minimum Gasteiger partial charge on any atom is -0.497 e. The van der Waals surface area contributed by atoms with Crippen molar-refractivity contribution in [1.82, 2.24) is 15.0 Å². The van der Waals surface area contributed by atoms with E-state index in [1.54, 1.807) is 34.5 Å². The second kappa shape index (κ2) is 8.42. The molecule has 0 aliphatic carbocycles. The van der Waals surface area contributed by atoms with E-state index in [0.29, 0.717) is 43.3 Å². The van der Waals surface area contributed by atoms with Crippen LogP contribution in [0.5, 0.6) is 5.75 Å². The number of aromatic nitrogens is 2. The second-order valence-corrected chi connectivity index (χ2v) is 9.14. The Balaban J connectivity index is 1.51. The molecule has 3 heterocycles. The Labute approximate surface area is 176 Å². The first-order chi connectivity index (χ1) is 14.5. The first-order valence-corrected chi connectivity index (χ1v) is 11.3. The van der Waals surface area contributed by atoms with Crippen LogP contribution in [0, 0.1) is 0 Å². The number of anilines is 1. The van der Waals surface area contributed by atoms with Crippen LogP contribution < -0.4 is 9.46 Å². The fraction of sp³-hybridized carbons (Fsp3) is 0.278. The van der Waals surface area contributed by atoms with Crippen LogP contribution in [0.1, 0.15) is 10.7 Å². The van der Waals surface area contributed by atoms with Gasteiger partial charge in [-0.1, -0.05) is 11.2 Å². The average Bonchev–Trinajstić information content (AvgIpc) is 3.44. The number of sulfonamides is 1. The third-order valence-electron chi connectivity index (χ3n) is 4.33. The van der Waals surface area contributed by atoms with Gasteiger partial charge in [-0.05, 0) is 18.2 Å². The summed E-state index contributed by atoms with van der Waals surface area (Å²) in [6, 6.07) is 8.03. The van der Waals surface area contributed by atoms with Crippen molar-refractivity contribution in [2.24, 2.45) is 0 Å².